The lowest BCUT2D eigenvalue weighted by atomic mass is 9.98. The summed E-state index contributed by atoms with van der Waals surface area (Å²) in [5.74, 6) is 3.28. The Hall–Kier alpha value is -0.790. The molecule has 3 rings (SSSR count). The molecule has 0 unspecified atom stereocenters. The monoisotopic (exact) mass is 176 g/mol. The van der Waals surface area contributed by atoms with Gasteiger partial charge in [0, 0.05) is 11.8 Å². The Morgan fingerprint density at radius 2 is 2.15 bits per heavy atom. The Morgan fingerprint density at radius 3 is 2.85 bits per heavy atom. The van der Waals surface area contributed by atoms with Crippen molar-refractivity contribution >= 4 is 5.84 Å². The van der Waals surface area contributed by atoms with Gasteiger partial charge in [0.2, 0.25) is 0 Å². The van der Waals surface area contributed by atoms with Gasteiger partial charge in [0.1, 0.15) is 0 Å². The van der Waals surface area contributed by atoms with Crippen LogP contribution in [0.15, 0.2) is 17.1 Å². The van der Waals surface area contributed by atoms with E-state index in [1.165, 1.54) is 12.3 Å². The van der Waals surface area contributed by atoms with Gasteiger partial charge < -0.3 is 5.32 Å². The lowest BCUT2D eigenvalue weighted by Crippen LogP contribution is -2.38. The molecular formula is C11H16N2. The van der Waals surface area contributed by atoms with Crippen molar-refractivity contribution in [3.05, 3.63) is 12.2 Å². The van der Waals surface area contributed by atoms with Gasteiger partial charge in [0.15, 0.2) is 0 Å². The van der Waals surface area contributed by atoms with E-state index in [2.05, 4.69) is 31.3 Å². The zero-order chi connectivity index (χ0) is 9.00. The maximum absolute atomic E-state index is 4.79. The number of rotatable bonds is 1. The topological polar surface area (TPSA) is 24.4 Å². The van der Waals surface area contributed by atoms with Crippen molar-refractivity contribution in [2.45, 2.75) is 32.4 Å². The number of amidine groups is 1. The Labute approximate surface area is 79.1 Å². The Bertz CT molecular complexity index is 290. The highest BCUT2D eigenvalue weighted by atomic mass is 15.2. The van der Waals surface area contributed by atoms with E-state index in [4.69, 9.17) is 4.99 Å². The van der Waals surface area contributed by atoms with Gasteiger partial charge in [-0.3, -0.25) is 4.99 Å². The molecule has 1 N–H and O–H groups in total. The van der Waals surface area contributed by atoms with Gasteiger partial charge >= 0.3 is 0 Å². The van der Waals surface area contributed by atoms with Crippen LogP contribution in [0.2, 0.25) is 0 Å². The molecular weight excluding hydrogens is 160 g/mol. The summed E-state index contributed by atoms with van der Waals surface area (Å²) in [4.78, 5) is 4.79. The summed E-state index contributed by atoms with van der Waals surface area (Å²) < 4.78 is 0. The highest BCUT2D eigenvalue weighted by Gasteiger charge is 2.47. The molecule has 0 amide bonds. The third-order valence-corrected chi connectivity index (χ3v) is 3.57. The van der Waals surface area contributed by atoms with Crippen LogP contribution >= 0.6 is 0 Å². The average molecular weight is 176 g/mol. The fourth-order valence-electron chi connectivity index (χ4n) is 2.85. The molecule has 0 aromatic carbocycles. The molecule has 4 atom stereocenters. The molecule has 2 nitrogen and oxygen atoms in total. The molecule has 3 aliphatic rings. The van der Waals surface area contributed by atoms with E-state index in [-0.39, 0.29) is 0 Å². The van der Waals surface area contributed by atoms with Gasteiger partial charge in [-0.2, -0.15) is 0 Å². The molecule has 0 radical (unpaired) electrons. The largest absolute Gasteiger partial charge is 0.368 e. The smallest absolute Gasteiger partial charge is 0.0996 e. The van der Waals surface area contributed by atoms with Crippen molar-refractivity contribution in [1.29, 1.82) is 0 Å². The second-order valence-corrected chi connectivity index (χ2v) is 4.78. The molecule has 1 heterocycles. The summed E-state index contributed by atoms with van der Waals surface area (Å²) in [7, 11) is 0. The van der Waals surface area contributed by atoms with Gasteiger partial charge in [-0.1, -0.05) is 26.0 Å². The summed E-state index contributed by atoms with van der Waals surface area (Å²) in [6.45, 7) is 4.42. The van der Waals surface area contributed by atoms with E-state index in [1.807, 2.05) is 0 Å². The van der Waals surface area contributed by atoms with Crippen molar-refractivity contribution in [1.82, 2.24) is 5.32 Å². The minimum absolute atomic E-state index is 0.560. The van der Waals surface area contributed by atoms with Gasteiger partial charge in [0.05, 0.1) is 17.9 Å². The van der Waals surface area contributed by atoms with E-state index >= 15 is 0 Å². The van der Waals surface area contributed by atoms with Crippen molar-refractivity contribution in [2.24, 2.45) is 22.7 Å². The Kier molecular flexibility index (Phi) is 1.38. The van der Waals surface area contributed by atoms with E-state index < -0.39 is 0 Å². The molecule has 2 bridgehead atoms. The summed E-state index contributed by atoms with van der Waals surface area (Å²) >= 11 is 0. The van der Waals surface area contributed by atoms with Crippen LogP contribution in [0.25, 0.3) is 0 Å². The number of fused-ring (bicyclic) bond motifs is 5. The second-order valence-electron chi connectivity index (χ2n) is 4.78. The van der Waals surface area contributed by atoms with Crippen molar-refractivity contribution in [3.8, 4) is 0 Å². The quantitative estimate of drug-likeness (QED) is 0.603. The molecule has 70 valence electrons. The predicted octanol–water partition coefficient (Wildman–Crippen LogP) is 1.59. The van der Waals surface area contributed by atoms with E-state index in [9.17, 15) is 0 Å². The van der Waals surface area contributed by atoms with E-state index in [0.29, 0.717) is 18.0 Å². The van der Waals surface area contributed by atoms with Crippen LogP contribution in [0.1, 0.15) is 20.3 Å². The van der Waals surface area contributed by atoms with E-state index in [0.717, 1.165) is 11.8 Å². The van der Waals surface area contributed by atoms with Crippen LogP contribution in [0.4, 0.5) is 0 Å². The van der Waals surface area contributed by atoms with E-state index in [1.54, 1.807) is 0 Å². The first-order chi connectivity index (χ1) is 6.25. The lowest BCUT2D eigenvalue weighted by Gasteiger charge is -2.19. The molecule has 1 fully saturated rings. The number of aliphatic imine (C=N–C) groups is 1. The maximum Gasteiger partial charge on any atom is 0.0996 e. The number of nitrogens with zero attached hydrogens (tertiary/aromatic N) is 1. The first-order valence-electron chi connectivity index (χ1n) is 5.28. The number of hydrogen-bond donors (Lipinski definition) is 1. The summed E-state index contributed by atoms with van der Waals surface area (Å²) in [6.07, 6.45) is 6.06. The molecule has 2 aliphatic carbocycles. The normalized spacial score (nSPS) is 45.3. The standard InChI is InChI=1S/C11H16N2/c1-6(2)11-12-9-7-3-4-8(5-7)10(9)13-11/h3-4,6-10H,5H2,1-2H3,(H,12,13)/t7-,8+,9-,10+. The first-order valence-corrected chi connectivity index (χ1v) is 5.28. The van der Waals surface area contributed by atoms with Crippen molar-refractivity contribution in [3.63, 3.8) is 0 Å². The Balaban J connectivity index is 1.88. The molecule has 0 spiro atoms. The molecule has 13 heavy (non-hydrogen) atoms. The van der Waals surface area contributed by atoms with Gasteiger partial charge in [-0.15, -0.1) is 0 Å². The highest BCUT2D eigenvalue weighted by Crippen LogP contribution is 2.43. The third kappa shape index (κ3) is 0.917. The van der Waals surface area contributed by atoms with Crippen molar-refractivity contribution in [2.75, 3.05) is 0 Å². The SMILES string of the molecule is CC(C)C1=N[C@@H]2[C@H](N1)[C@@H]1C=C[C@H]2C1. The fraction of sp³-hybridized carbons (Fsp3) is 0.727. The molecule has 0 aromatic rings. The Morgan fingerprint density at radius 1 is 1.38 bits per heavy atom. The van der Waals surface area contributed by atoms with Crippen LogP contribution in [-0.2, 0) is 0 Å². The summed E-state index contributed by atoms with van der Waals surface area (Å²) in [5, 5.41) is 3.58. The van der Waals surface area contributed by atoms with Gasteiger partial charge in [-0.05, 0) is 12.3 Å². The number of nitrogens with one attached hydrogen (secondary N) is 1. The molecule has 2 heteroatoms. The second kappa shape index (κ2) is 2.37. The molecule has 1 saturated carbocycles. The third-order valence-electron chi connectivity index (χ3n) is 3.57. The fourth-order valence-corrected chi connectivity index (χ4v) is 2.85. The van der Waals surface area contributed by atoms with Crippen LogP contribution < -0.4 is 5.32 Å². The average Bonchev–Trinajstić information content (AvgIpc) is 2.76. The van der Waals surface area contributed by atoms with Gasteiger partial charge in [-0.25, -0.2) is 0 Å². The summed E-state index contributed by atoms with van der Waals surface area (Å²) in [6, 6.07) is 1.19. The highest BCUT2D eigenvalue weighted by molar-refractivity contribution is 5.86. The maximum atomic E-state index is 4.79. The lowest BCUT2D eigenvalue weighted by molar-refractivity contribution is 0.495. The van der Waals surface area contributed by atoms with Crippen molar-refractivity contribution < 1.29 is 0 Å². The zero-order valence-electron chi connectivity index (χ0n) is 8.20. The van der Waals surface area contributed by atoms with Crippen LogP contribution in [-0.4, -0.2) is 17.9 Å². The molecule has 0 saturated heterocycles. The van der Waals surface area contributed by atoms with Crippen LogP contribution in [0.3, 0.4) is 0 Å². The minimum atomic E-state index is 0.560. The van der Waals surface area contributed by atoms with Crippen LogP contribution in [0, 0.1) is 17.8 Å². The van der Waals surface area contributed by atoms with Gasteiger partial charge in [0.25, 0.3) is 0 Å². The molecule has 1 aliphatic heterocycles. The zero-order valence-corrected chi connectivity index (χ0v) is 8.20. The minimum Gasteiger partial charge on any atom is -0.368 e. The number of hydrogen-bond acceptors (Lipinski definition) is 2. The molecule has 0 aromatic heterocycles. The summed E-state index contributed by atoms with van der Waals surface area (Å²) in [5.41, 5.74) is 0. The predicted molar refractivity (Wildman–Crippen MR) is 53.7 cm³/mol. The van der Waals surface area contributed by atoms with Crippen LogP contribution in [0.5, 0.6) is 0 Å². The first kappa shape index (κ1) is 7.60.